The van der Waals surface area contributed by atoms with Crippen LogP contribution in [0.4, 0.5) is 22.0 Å². The van der Waals surface area contributed by atoms with E-state index in [0.29, 0.717) is 27.8 Å². The van der Waals surface area contributed by atoms with E-state index < -0.39 is 11.6 Å². The number of nitrogens with zero attached hydrogens (tertiary/aromatic N) is 7. The zero-order chi connectivity index (χ0) is 52.2. The average molecular weight is 946 g/mol. The van der Waals surface area contributed by atoms with Crippen LogP contribution in [0.25, 0.3) is 0 Å². The predicted octanol–water partition coefficient (Wildman–Crippen LogP) is 14.9. The lowest BCUT2D eigenvalue weighted by atomic mass is 10.1. The number of pyridine rings is 1. The second-order valence-corrected chi connectivity index (χ2v) is 16.5. The third-order valence-corrected chi connectivity index (χ3v) is 9.26. The highest BCUT2D eigenvalue weighted by Gasteiger charge is 2.06. The molecule has 0 radical (unpaired) electrons. The van der Waals surface area contributed by atoms with E-state index in [9.17, 15) is 22.0 Å². The van der Waals surface area contributed by atoms with Crippen molar-refractivity contribution in [3.8, 4) is 0 Å². The number of halogens is 5. The molecule has 0 aliphatic rings. The van der Waals surface area contributed by atoms with Crippen LogP contribution in [0.15, 0.2) is 122 Å². The molecule has 12 heteroatoms. The quantitative estimate of drug-likeness (QED) is 0.140. The van der Waals surface area contributed by atoms with Crippen LogP contribution in [0.5, 0.6) is 0 Å². The van der Waals surface area contributed by atoms with Crippen LogP contribution in [-0.4, -0.2) is 35.1 Å². The Kier molecular flexibility index (Phi) is 27.6. The van der Waals surface area contributed by atoms with Crippen molar-refractivity contribution in [3.05, 3.63) is 241 Å². The standard InChI is InChI=1S/2C8H8F2.C8H9F.C8H10.C7H9N.3C6H8N2/c1-5-3-8(10)6(2)4-7(5)9;1-5-3-4-6(2)8(10)7(5)9;1-6-3-4-7(2)8(9)5-6;1-7-3-5-8(2)6-4-7;1-6-3-4-7(2)8-5-6;1-5-3-8-6(2)4-7-5;1-5-3-7-6(2)8-4-5;1-5-3-4-6(2)8-7-5/h2*3-4H,1-2H3;3-5H,1-2H3;3-6H,1-2H3;3-5H,1-2H3;3*3-4H,1-2H3. The number of aryl methyl sites for hydroxylation is 16. The molecule has 0 amide bonds. The van der Waals surface area contributed by atoms with Crippen molar-refractivity contribution in [1.29, 1.82) is 0 Å². The molecular weight excluding hydrogens is 878 g/mol. The van der Waals surface area contributed by atoms with Crippen molar-refractivity contribution in [2.75, 3.05) is 0 Å². The topological polar surface area (TPSA) is 90.2 Å². The molecule has 0 aliphatic heterocycles. The fraction of sp³-hybridized carbons (Fsp3) is 0.281. The summed E-state index contributed by atoms with van der Waals surface area (Å²) < 4.78 is 63.0. The number of hydrogen-bond acceptors (Lipinski definition) is 7. The Hall–Kier alpha value is -7.08. The van der Waals surface area contributed by atoms with Crippen molar-refractivity contribution in [2.45, 2.75) is 111 Å². The molecular formula is C57H68F5N7. The van der Waals surface area contributed by atoms with Crippen LogP contribution >= 0.6 is 0 Å². The Bertz CT molecular complexity index is 2260. The molecule has 366 valence electrons. The summed E-state index contributed by atoms with van der Waals surface area (Å²) in [6.07, 6.45) is 9.00. The van der Waals surface area contributed by atoms with E-state index in [1.54, 1.807) is 37.5 Å². The normalized spacial score (nSPS) is 9.52. The van der Waals surface area contributed by atoms with Crippen LogP contribution in [-0.2, 0) is 0 Å². The van der Waals surface area contributed by atoms with E-state index in [4.69, 9.17) is 0 Å². The molecule has 0 N–H and O–H groups in total. The molecule has 69 heavy (non-hydrogen) atoms. The summed E-state index contributed by atoms with van der Waals surface area (Å²) in [5.41, 5.74) is 13.0. The number of rotatable bonds is 0. The Labute approximate surface area is 407 Å². The van der Waals surface area contributed by atoms with Gasteiger partial charge in [-0.3, -0.25) is 15.0 Å². The molecule has 0 atom stereocenters. The second kappa shape index (κ2) is 31.8. The molecule has 0 bridgehead atoms. The third-order valence-electron chi connectivity index (χ3n) is 9.26. The minimum atomic E-state index is -0.736. The first-order valence-electron chi connectivity index (χ1n) is 22.1. The zero-order valence-electron chi connectivity index (χ0n) is 43.1. The highest BCUT2D eigenvalue weighted by atomic mass is 19.2. The summed E-state index contributed by atoms with van der Waals surface area (Å²) in [7, 11) is 0. The second-order valence-electron chi connectivity index (χ2n) is 16.5. The highest BCUT2D eigenvalue weighted by molar-refractivity contribution is 5.25. The van der Waals surface area contributed by atoms with Gasteiger partial charge < -0.3 is 0 Å². The maximum absolute atomic E-state index is 12.6. The summed E-state index contributed by atoms with van der Waals surface area (Å²) in [5.74, 6) is -1.46. The minimum absolute atomic E-state index is 0.116. The molecule has 0 spiro atoms. The molecule has 0 saturated heterocycles. The van der Waals surface area contributed by atoms with E-state index in [0.717, 1.165) is 45.4 Å². The Morgan fingerprint density at radius 2 is 0.594 bits per heavy atom. The molecule has 0 aliphatic carbocycles. The Morgan fingerprint density at radius 1 is 0.261 bits per heavy atom. The zero-order valence-corrected chi connectivity index (χ0v) is 43.1. The summed E-state index contributed by atoms with van der Waals surface area (Å²) in [4.78, 5) is 20.0. The van der Waals surface area contributed by atoms with Crippen LogP contribution in [0.3, 0.4) is 0 Å². The predicted molar refractivity (Wildman–Crippen MR) is 272 cm³/mol. The van der Waals surface area contributed by atoms with Crippen LogP contribution in [0.2, 0.25) is 0 Å². The molecule has 4 heterocycles. The van der Waals surface area contributed by atoms with Gasteiger partial charge in [-0.1, -0.05) is 65.7 Å². The van der Waals surface area contributed by atoms with Gasteiger partial charge in [0.15, 0.2) is 11.6 Å². The van der Waals surface area contributed by atoms with Gasteiger partial charge in [0.1, 0.15) is 23.3 Å². The van der Waals surface area contributed by atoms with E-state index in [2.05, 4.69) is 79.3 Å². The summed E-state index contributed by atoms with van der Waals surface area (Å²) in [6.45, 7) is 29.5. The fourth-order valence-corrected chi connectivity index (χ4v) is 4.74. The van der Waals surface area contributed by atoms with Crippen molar-refractivity contribution in [1.82, 2.24) is 35.1 Å². The van der Waals surface area contributed by atoms with Gasteiger partial charge in [-0.2, -0.15) is 10.2 Å². The maximum atomic E-state index is 12.6. The molecule has 7 nitrogen and oxygen atoms in total. The molecule has 4 aromatic carbocycles. The summed E-state index contributed by atoms with van der Waals surface area (Å²) in [5, 5.41) is 7.66. The van der Waals surface area contributed by atoms with Crippen molar-refractivity contribution < 1.29 is 22.0 Å². The largest absolute Gasteiger partial charge is 0.261 e. The first-order valence-corrected chi connectivity index (χ1v) is 22.1. The lowest BCUT2D eigenvalue weighted by molar-refractivity contribution is 0.497. The van der Waals surface area contributed by atoms with Gasteiger partial charge in [0.05, 0.1) is 22.8 Å². The van der Waals surface area contributed by atoms with Crippen molar-refractivity contribution >= 4 is 0 Å². The van der Waals surface area contributed by atoms with Gasteiger partial charge in [0.25, 0.3) is 0 Å². The average Bonchev–Trinajstić information content (AvgIpc) is 3.31. The monoisotopic (exact) mass is 946 g/mol. The van der Waals surface area contributed by atoms with Crippen molar-refractivity contribution in [3.63, 3.8) is 0 Å². The van der Waals surface area contributed by atoms with Gasteiger partial charge in [0.2, 0.25) is 0 Å². The van der Waals surface area contributed by atoms with E-state index in [1.807, 2.05) is 105 Å². The van der Waals surface area contributed by atoms with Crippen LogP contribution in [0.1, 0.15) is 89.9 Å². The first-order chi connectivity index (χ1) is 32.4. The van der Waals surface area contributed by atoms with Crippen LogP contribution < -0.4 is 0 Å². The molecule has 0 fully saturated rings. The van der Waals surface area contributed by atoms with Gasteiger partial charge in [-0.25, -0.2) is 31.9 Å². The van der Waals surface area contributed by atoms with Gasteiger partial charge in [-0.15, -0.1) is 0 Å². The fourth-order valence-electron chi connectivity index (χ4n) is 4.74. The number of hydrogen-bond donors (Lipinski definition) is 0. The third kappa shape index (κ3) is 26.7. The molecule has 8 rings (SSSR count). The van der Waals surface area contributed by atoms with Gasteiger partial charge >= 0.3 is 0 Å². The number of aromatic nitrogens is 7. The highest BCUT2D eigenvalue weighted by Crippen LogP contribution is 2.14. The van der Waals surface area contributed by atoms with Crippen LogP contribution in [0, 0.1) is 140 Å². The SMILES string of the molecule is Cc1cc(F)c(C)cc1F.Cc1ccc(C)c(F)c1.Cc1ccc(C)c(F)c1F.Cc1ccc(C)cc1.Cc1ccc(C)nc1.Cc1ccc(C)nn1.Cc1cnc(C)cn1.Cc1cnc(C)nc1. The molecule has 8 aromatic rings. The molecule has 4 aromatic heterocycles. The van der Waals surface area contributed by atoms with E-state index in [-0.39, 0.29) is 17.5 Å². The molecule has 0 saturated carbocycles. The summed E-state index contributed by atoms with van der Waals surface area (Å²) in [6, 6.07) is 27.2. The van der Waals surface area contributed by atoms with Gasteiger partial charge in [0, 0.05) is 36.7 Å². The first kappa shape index (κ1) is 59.9. The van der Waals surface area contributed by atoms with Gasteiger partial charge in [-0.05, 0) is 192 Å². The van der Waals surface area contributed by atoms with Crippen molar-refractivity contribution in [2.24, 2.45) is 0 Å². The van der Waals surface area contributed by atoms with E-state index in [1.165, 1.54) is 62.6 Å². The maximum Gasteiger partial charge on any atom is 0.161 e. The summed E-state index contributed by atoms with van der Waals surface area (Å²) >= 11 is 0. The lowest BCUT2D eigenvalue weighted by Crippen LogP contribution is -1.91. The van der Waals surface area contributed by atoms with E-state index >= 15 is 0 Å². The number of benzene rings is 4. The lowest BCUT2D eigenvalue weighted by Gasteiger charge is -1.99. The minimum Gasteiger partial charge on any atom is -0.261 e. The Morgan fingerprint density at radius 3 is 0.913 bits per heavy atom. The molecule has 0 unspecified atom stereocenters. The Balaban J connectivity index is 0.000000395. The smallest absolute Gasteiger partial charge is 0.161 e.